The van der Waals surface area contributed by atoms with Gasteiger partial charge < -0.3 is 24.6 Å². The summed E-state index contributed by atoms with van der Waals surface area (Å²) in [5, 5.41) is 14.2. The average molecular weight is 582 g/mol. The van der Waals surface area contributed by atoms with E-state index >= 15 is 0 Å². The zero-order chi connectivity index (χ0) is 30.0. The van der Waals surface area contributed by atoms with E-state index in [0.717, 1.165) is 63.9 Å². The molecule has 1 aromatic carbocycles. The number of carbonyl (C=O) groups is 2. The van der Waals surface area contributed by atoms with Gasteiger partial charge in [0.25, 0.3) is 0 Å². The Morgan fingerprint density at radius 1 is 0.975 bits per heavy atom. The zero-order valence-electron chi connectivity index (χ0n) is 21.4. The molecule has 1 aromatic heterocycles. The number of aliphatic carboxylic acids is 2. The number of aromatic nitrogens is 1. The first-order chi connectivity index (χ1) is 18.6. The number of alkyl halides is 6. The molecule has 3 heterocycles. The number of carboxylic acids is 2. The van der Waals surface area contributed by atoms with Crippen LogP contribution in [0, 0.1) is 5.41 Å². The molecule has 1 spiro atoms. The largest absolute Gasteiger partial charge is 0.497 e. The molecule has 2 aliphatic rings. The van der Waals surface area contributed by atoms with Crippen LogP contribution < -0.4 is 9.64 Å². The highest BCUT2D eigenvalue weighted by Gasteiger charge is 2.41. The minimum atomic E-state index is -5.08. The van der Waals surface area contributed by atoms with E-state index in [4.69, 9.17) is 29.3 Å². The zero-order valence-corrected chi connectivity index (χ0v) is 21.4. The van der Waals surface area contributed by atoms with Crippen molar-refractivity contribution < 1.29 is 55.6 Å². The number of hydrogen-bond donors (Lipinski definition) is 2. The Balaban J connectivity index is 0.000000333. The van der Waals surface area contributed by atoms with Crippen molar-refractivity contribution in [2.75, 3.05) is 51.4 Å². The molecule has 0 aliphatic carbocycles. The van der Waals surface area contributed by atoms with Gasteiger partial charge in [-0.05, 0) is 36.2 Å². The summed E-state index contributed by atoms with van der Waals surface area (Å²) in [6, 6.07) is 14.5. The van der Waals surface area contributed by atoms with Gasteiger partial charge in [0.2, 0.25) is 0 Å². The summed E-state index contributed by atoms with van der Waals surface area (Å²) in [5.74, 6) is -3.53. The van der Waals surface area contributed by atoms with Gasteiger partial charge in [0.1, 0.15) is 11.6 Å². The van der Waals surface area contributed by atoms with Crippen molar-refractivity contribution in [2.45, 2.75) is 25.3 Å². The normalized spacial score (nSPS) is 19.5. The summed E-state index contributed by atoms with van der Waals surface area (Å²) in [7, 11) is 1.71. The van der Waals surface area contributed by atoms with Crippen molar-refractivity contribution in [3.8, 4) is 5.75 Å². The first-order valence-corrected chi connectivity index (χ1v) is 11.8. The van der Waals surface area contributed by atoms with E-state index in [-0.39, 0.29) is 5.41 Å². The Morgan fingerprint density at radius 3 is 2.08 bits per heavy atom. The van der Waals surface area contributed by atoms with Gasteiger partial charge in [0, 0.05) is 44.3 Å². The van der Waals surface area contributed by atoms with Crippen LogP contribution in [0.1, 0.15) is 12.0 Å². The second-order valence-corrected chi connectivity index (χ2v) is 9.08. The van der Waals surface area contributed by atoms with Gasteiger partial charge in [-0.1, -0.05) is 18.2 Å². The van der Waals surface area contributed by atoms with Crippen LogP contribution in [0.3, 0.4) is 0 Å². The SMILES string of the molecule is COc1ccc(CN2CCOCC3(CCN(c4ccccn4)C3)C2)cc1.O=C(O)C(F)(F)F.O=C(O)C(F)(F)F. The molecule has 1 unspecified atom stereocenters. The maximum atomic E-state index is 10.6. The molecule has 2 aliphatic heterocycles. The van der Waals surface area contributed by atoms with Crippen molar-refractivity contribution in [1.29, 1.82) is 0 Å². The standard InChI is InChI=1S/C21H27N3O2.2C2HF3O2/c1-25-19-7-5-18(6-8-19)14-23-12-13-26-17-21(15-23)9-11-24(16-21)20-4-2-3-10-22-20;2*3-2(4,5)1(6)7/h2-8,10H,9,11-17H2,1H3;2*(H,6,7). The number of anilines is 1. The predicted molar refractivity (Wildman–Crippen MR) is 130 cm³/mol. The highest BCUT2D eigenvalue weighted by atomic mass is 19.4. The molecule has 9 nitrogen and oxygen atoms in total. The highest BCUT2D eigenvalue weighted by molar-refractivity contribution is 5.73. The average Bonchev–Trinajstić information content (AvgIpc) is 3.20. The summed E-state index contributed by atoms with van der Waals surface area (Å²) >= 11 is 0. The lowest BCUT2D eigenvalue weighted by molar-refractivity contribution is -0.193. The molecule has 2 N–H and O–H groups in total. The first kappa shape index (κ1) is 32.6. The smallest absolute Gasteiger partial charge is 0.490 e. The molecule has 40 heavy (non-hydrogen) atoms. The van der Waals surface area contributed by atoms with Crippen LogP contribution in [-0.2, 0) is 20.9 Å². The number of hydrogen-bond acceptors (Lipinski definition) is 7. The van der Waals surface area contributed by atoms with Gasteiger partial charge >= 0.3 is 24.3 Å². The number of pyridine rings is 1. The number of halogens is 6. The topological polar surface area (TPSA) is 112 Å². The van der Waals surface area contributed by atoms with Crippen molar-refractivity contribution in [1.82, 2.24) is 9.88 Å². The monoisotopic (exact) mass is 581 g/mol. The van der Waals surface area contributed by atoms with Crippen molar-refractivity contribution >= 4 is 17.8 Å². The summed E-state index contributed by atoms with van der Waals surface area (Å²) < 4.78 is 74.7. The number of benzene rings is 1. The second kappa shape index (κ2) is 14.2. The molecular formula is C25H29F6N3O6. The first-order valence-electron chi connectivity index (χ1n) is 11.8. The quantitative estimate of drug-likeness (QED) is 0.516. The van der Waals surface area contributed by atoms with E-state index in [2.05, 4.69) is 39.0 Å². The van der Waals surface area contributed by atoms with E-state index in [1.165, 1.54) is 5.56 Å². The number of nitrogens with zero attached hydrogens (tertiary/aromatic N) is 3. The van der Waals surface area contributed by atoms with Crippen LogP contribution >= 0.6 is 0 Å². The summed E-state index contributed by atoms with van der Waals surface area (Å²) in [6.45, 7) is 6.73. The predicted octanol–water partition coefficient (Wildman–Crippen LogP) is 4.09. The molecule has 222 valence electrons. The third-order valence-electron chi connectivity index (χ3n) is 5.98. The Bertz CT molecular complexity index is 1060. The maximum absolute atomic E-state index is 10.6. The van der Waals surface area contributed by atoms with Gasteiger partial charge in [0.15, 0.2) is 0 Å². The molecular weight excluding hydrogens is 552 g/mol. The van der Waals surface area contributed by atoms with Gasteiger partial charge in [-0.25, -0.2) is 14.6 Å². The fourth-order valence-electron chi connectivity index (χ4n) is 4.12. The number of methoxy groups -OCH3 is 1. The van der Waals surface area contributed by atoms with E-state index in [1.807, 2.05) is 24.4 Å². The van der Waals surface area contributed by atoms with Gasteiger partial charge in [-0.2, -0.15) is 26.3 Å². The van der Waals surface area contributed by atoms with Crippen LogP contribution in [0.25, 0.3) is 0 Å². The van der Waals surface area contributed by atoms with Crippen molar-refractivity contribution in [3.63, 3.8) is 0 Å². The molecule has 2 saturated heterocycles. The van der Waals surface area contributed by atoms with Gasteiger partial charge in [-0.3, -0.25) is 4.90 Å². The fraction of sp³-hybridized carbons (Fsp3) is 0.480. The second-order valence-electron chi connectivity index (χ2n) is 9.08. The molecule has 0 amide bonds. The fourth-order valence-corrected chi connectivity index (χ4v) is 4.12. The minimum absolute atomic E-state index is 0.195. The molecule has 2 aromatic rings. The van der Waals surface area contributed by atoms with Crippen molar-refractivity contribution in [2.24, 2.45) is 5.41 Å². The maximum Gasteiger partial charge on any atom is 0.490 e. The van der Waals surface area contributed by atoms with E-state index in [0.29, 0.717) is 0 Å². The summed E-state index contributed by atoms with van der Waals surface area (Å²) in [4.78, 5) is 27.3. The van der Waals surface area contributed by atoms with E-state index in [1.54, 1.807) is 7.11 Å². The van der Waals surface area contributed by atoms with Crippen LogP contribution in [0.5, 0.6) is 5.75 Å². The lowest BCUT2D eigenvalue weighted by Gasteiger charge is -2.32. The number of ether oxygens (including phenoxy) is 2. The summed E-state index contributed by atoms with van der Waals surface area (Å²) in [6.07, 6.45) is -7.14. The Labute approximate surface area is 225 Å². The lowest BCUT2D eigenvalue weighted by Crippen LogP contribution is -2.40. The number of carboxylic acid groups (broad SMARTS) is 2. The molecule has 0 saturated carbocycles. The van der Waals surface area contributed by atoms with Gasteiger partial charge in [-0.15, -0.1) is 0 Å². The molecule has 4 rings (SSSR count). The van der Waals surface area contributed by atoms with Crippen LogP contribution in [0.2, 0.25) is 0 Å². The van der Waals surface area contributed by atoms with Crippen molar-refractivity contribution in [3.05, 3.63) is 54.2 Å². The molecule has 1 atom stereocenters. The Kier molecular flexibility index (Phi) is 11.5. The number of rotatable bonds is 4. The third kappa shape index (κ3) is 10.5. The Hall–Kier alpha value is -3.59. The molecule has 2 fully saturated rings. The lowest BCUT2D eigenvalue weighted by atomic mass is 9.87. The van der Waals surface area contributed by atoms with E-state index < -0.39 is 24.3 Å². The van der Waals surface area contributed by atoms with Crippen LogP contribution in [0.15, 0.2) is 48.7 Å². The Morgan fingerprint density at radius 2 is 1.57 bits per heavy atom. The summed E-state index contributed by atoms with van der Waals surface area (Å²) in [5.41, 5.74) is 1.52. The molecule has 0 radical (unpaired) electrons. The third-order valence-corrected chi connectivity index (χ3v) is 5.98. The minimum Gasteiger partial charge on any atom is -0.497 e. The molecule has 0 bridgehead atoms. The van der Waals surface area contributed by atoms with E-state index in [9.17, 15) is 26.3 Å². The van der Waals surface area contributed by atoms with Gasteiger partial charge in [0.05, 0.1) is 20.3 Å². The molecule has 15 heteroatoms. The highest BCUT2D eigenvalue weighted by Crippen LogP contribution is 2.35. The van der Waals surface area contributed by atoms with Crippen LogP contribution in [0.4, 0.5) is 32.2 Å². The van der Waals surface area contributed by atoms with Crippen LogP contribution in [-0.4, -0.2) is 90.9 Å².